The fourth-order valence-electron chi connectivity index (χ4n) is 3.06. The summed E-state index contributed by atoms with van der Waals surface area (Å²) in [5.74, 6) is 0.744. The average Bonchev–Trinajstić information content (AvgIpc) is 2.61. The summed E-state index contributed by atoms with van der Waals surface area (Å²) < 4.78 is 0. The molecule has 3 rings (SSSR count). The Kier molecular flexibility index (Phi) is 5.84. The molecule has 136 valence electrons. The number of carbonyl (C=O) groups is 1. The maximum absolute atomic E-state index is 12.5. The highest BCUT2D eigenvalue weighted by Crippen LogP contribution is 2.26. The lowest BCUT2D eigenvalue weighted by molar-refractivity contribution is -0.126. The molecule has 0 radical (unpaired) electrons. The van der Waals surface area contributed by atoms with Crippen molar-refractivity contribution in [2.45, 2.75) is 13.8 Å². The normalized spacial score (nSPS) is 14.9. The summed E-state index contributed by atoms with van der Waals surface area (Å²) in [4.78, 5) is 20.7. The molecular weight excluding hydrogens is 369 g/mol. The van der Waals surface area contributed by atoms with Crippen molar-refractivity contribution in [1.29, 1.82) is 0 Å². The number of rotatable bonds is 3. The van der Waals surface area contributed by atoms with Crippen molar-refractivity contribution < 1.29 is 4.79 Å². The predicted octanol–water partition coefficient (Wildman–Crippen LogP) is 4.37. The molecule has 0 unspecified atom stereocenters. The molecule has 0 bridgehead atoms. The van der Waals surface area contributed by atoms with Crippen molar-refractivity contribution >= 4 is 41.0 Å². The summed E-state index contributed by atoms with van der Waals surface area (Å²) in [6.07, 6.45) is 5.13. The van der Waals surface area contributed by atoms with Crippen molar-refractivity contribution in [2.24, 2.45) is 0 Å². The number of benzene rings is 1. The van der Waals surface area contributed by atoms with Crippen LogP contribution in [0.5, 0.6) is 0 Å². The Morgan fingerprint density at radius 1 is 1.12 bits per heavy atom. The van der Waals surface area contributed by atoms with Gasteiger partial charge in [0.1, 0.15) is 5.82 Å². The van der Waals surface area contributed by atoms with Crippen molar-refractivity contribution in [3.8, 4) is 0 Å². The Labute approximate surface area is 164 Å². The van der Waals surface area contributed by atoms with Gasteiger partial charge in [0, 0.05) is 38.5 Å². The monoisotopic (exact) mass is 389 g/mol. The van der Waals surface area contributed by atoms with E-state index in [2.05, 4.69) is 35.9 Å². The number of piperazine rings is 1. The van der Waals surface area contributed by atoms with Gasteiger partial charge in [-0.2, -0.15) is 0 Å². The van der Waals surface area contributed by atoms with E-state index in [1.807, 2.05) is 17.0 Å². The first kappa shape index (κ1) is 18.7. The molecule has 2 aromatic rings. The van der Waals surface area contributed by atoms with Gasteiger partial charge in [-0.15, -0.1) is 0 Å². The van der Waals surface area contributed by atoms with Gasteiger partial charge in [0.15, 0.2) is 0 Å². The standard InChI is InChI=1S/C20H21Cl2N3O/c1-14-3-4-16(15(2)11-14)5-6-19(26)24-7-9-25(10-8-24)20-18(22)12-17(21)13-23-20/h3-6,11-13H,7-10H2,1-2H3/b6-5+. The molecule has 26 heavy (non-hydrogen) atoms. The number of hydrogen-bond acceptors (Lipinski definition) is 3. The lowest BCUT2D eigenvalue weighted by Crippen LogP contribution is -2.48. The van der Waals surface area contributed by atoms with Crippen LogP contribution in [0.25, 0.3) is 6.08 Å². The number of halogens is 2. The summed E-state index contributed by atoms with van der Waals surface area (Å²) in [7, 11) is 0. The highest BCUT2D eigenvalue weighted by molar-refractivity contribution is 6.36. The molecule has 1 aromatic heterocycles. The van der Waals surface area contributed by atoms with Crippen LogP contribution in [-0.2, 0) is 4.79 Å². The molecule has 0 spiro atoms. The third-order valence-electron chi connectivity index (χ3n) is 4.51. The van der Waals surface area contributed by atoms with Crippen LogP contribution in [-0.4, -0.2) is 42.0 Å². The summed E-state index contributed by atoms with van der Waals surface area (Å²) in [6, 6.07) is 7.90. The molecule has 0 atom stereocenters. The SMILES string of the molecule is Cc1ccc(/C=C/C(=O)N2CCN(c3ncc(Cl)cc3Cl)CC2)c(C)c1. The van der Waals surface area contributed by atoms with Gasteiger partial charge in [0.05, 0.1) is 10.0 Å². The van der Waals surface area contributed by atoms with Crippen LogP contribution in [0.3, 0.4) is 0 Å². The summed E-state index contributed by atoms with van der Waals surface area (Å²) in [5, 5.41) is 1.05. The fourth-order valence-corrected chi connectivity index (χ4v) is 3.56. The summed E-state index contributed by atoms with van der Waals surface area (Å²) in [5.41, 5.74) is 3.46. The Balaban J connectivity index is 1.60. The van der Waals surface area contributed by atoms with Gasteiger partial charge in [-0.1, -0.05) is 47.0 Å². The van der Waals surface area contributed by atoms with Crippen LogP contribution >= 0.6 is 23.2 Å². The Hall–Kier alpha value is -2.04. The van der Waals surface area contributed by atoms with Crippen molar-refractivity contribution in [3.05, 3.63) is 63.3 Å². The molecule has 0 N–H and O–H groups in total. The first-order valence-corrected chi connectivity index (χ1v) is 9.30. The van der Waals surface area contributed by atoms with Crippen molar-refractivity contribution in [3.63, 3.8) is 0 Å². The quantitative estimate of drug-likeness (QED) is 0.731. The van der Waals surface area contributed by atoms with E-state index in [1.54, 1.807) is 18.3 Å². The van der Waals surface area contributed by atoms with Crippen LogP contribution in [0.2, 0.25) is 10.0 Å². The number of hydrogen-bond donors (Lipinski definition) is 0. The number of aryl methyl sites for hydroxylation is 2. The second kappa shape index (κ2) is 8.11. The molecule has 0 saturated carbocycles. The average molecular weight is 390 g/mol. The minimum absolute atomic E-state index is 0.0276. The fraction of sp³-hybridized carbons (Fsp3) is 0.300. The van der Waals surface area contributed by atoms with Crippen LogP contribution in [0.1, 0.15) is 16.7 Å². The molecule has 1 aliphatic rings. The zero-order chi connectivity index (χ0) is 18.7. The van der Waals surface area contributed by atoms with Gasteiger partial charge >= 0.3 is 0 Å². The molecule has 1 aliphatic heterocycles. The molecule has 1 amide bonds. The van der Waals surface area contributed by atoms with Gasteiger partial charge < -0.3 is 9.80 Å². The zero-order valence-corrected chi connectivity index (χ0v) is 16.4. The number of aromatic nitrogens is 1. The van der Waals surface area contributed by atoms with Crippen LogP contribution in [0.15, 0.2) is 36.5 Å². The van der Waals surface area contributed by atoms with Gasteiger partial charge in [-0.3, -0.25) is 4.79 Å². The second-order valence-corrected chi connectivity index (χ2v) is 7.31. The molecule has 2 heterocycles. The zero-order valence-electron chi connectivity index (χ0n) is 14.9. The first-order chi connectivity index (χ1) is 12.4. The van der Waals surface area contributed by atoms with Crippen molar-refractivity contribution in [2.75, 3.05) is 31.1 Å². The van der Waals surface area contributed by atoms with E-state index in [4.69, 9.17) is 23.2 Å². The van der Waals surface area contributed by atoms with E-state index in [0.717, 1.165) is 5.56 Å². The third-order valence-corrected chi connectivity index (χ3v) is 4.99. The first-order valence-electron chi connectivity index (χ1n) is 8.54. The third kappa shape index (κ3) is 4.37. The van der Waals surface area contributed by atoms with E-state index in [-0.39, 0.29) is 5.91 Å². The van der Waals surface area contributed by atoms with Crippen LogP contribution in [0, 0.1) is 13.8 Å². The van der Waals surface area contributed by atoms with Crippen LogP contribution in [0.4, 0.5) is 5.82 Å². The Morgan fingerprint density at radius 2 is 1.85 bits per heavy atom. The van der Waals surface area contributed by atoms with Gasteiger partial charge in [0.25, 0.3) is 0 Å². The van der Waals surface area contributed by atoms with Gasteiger partial charge in [0.2, 0.25) is 5.91 Å². The van der Waals surface area contributed by atoms with Gasteiger partial charge in [-0.05, 0) is 37.1 Å². The second-order valence-electron chi connectivity index (χ2n) is 6.46. The molecule has 4 nitrogen and oxygen atoms in total. The molecule has 1 saturated heterocycles. The van der Waals surface area contributed by atoms with Crippen molar-refractivity contribution in [1.82, 2.24) is 9.88 Å². The molecule has 0 aliphatic carbocycles. The minimum atomic E-state index is 0.0276. The van der Waals surface area contributed by atoms with Gasteiger partial charge in [-0.25, -0.2) is 4.98 Å². The van der Waals surface area contributed by atoms with E-state index < -0.39 is 0 Å². The summed E-state index contributed by atoms with van der Waals surface area (Å²) >= 11 is 12.1. The molecule has 1 fully saturated rings. The summed E-state index contributed by atoms with van der Waals surface area (Å²) in [6.45, 7) is 6.77. The van der Waals surface area contributed by atoms with E-state index in [0.29, 0.717) is 42.0 Å². The number of amides is 1. The maximum Gasteiger partial charge on any atom is 0.246 e. The highest BCUT2D eigenvalue weighted by Gasteiger charge is 2.22. The lowest BCUT2D eigenvalue weighted by Gasteiger charge is -2.35. The number of nitrogens with zero attached hydrogens (tertiary/aromatic N) is 3. The highest BCUT2D eigenvalue weighted by atomic mass is 35.5. The largest absolute Gasteiger partial charge is 0.352 e. The number of anilines is 1. The van der Waals surface area contributed by atoms with E-state index >= 15 is 0 Å². The molecule has 1 aromatic carbocycles. The number of carbonyl (C=O) groups excluding carboxylic acids is 1. The minimum Gasteiger partial charge on any atom is -0.352 e. The molecular formula is C20H21Cl2N3O. The molecule has 6 heteroatoms. The van der Waals surface area contributed by atoms with E-state index in [1.165, 1.54) is 11.1 Å². The van der Waals surface area contributed by atoms with Crippen LogP contribution < -0.4 is 4.90 Å². The predicted molar refractivity (Wildman–Crippen MR) is 108 cm³/mol. The number of pyridine rings is 1. The maximum atomic E-state index is 12.5. The topological polar surface area (TPSA) is 36.4 Å². The lowest BCUT2D eigenvalue weighted by atomic mass is 10.1. The Bertz CT molecular complexity index is 843. The smallest absolute Gasteiger partial charge is 0.246 e. The Morgan fingerprint density at radius 3 is 2.50 bits per heavy atom. The van der Waals surface area contributed by atoms with E-state index in [9.17, 15) is 4.79 Å².